The summed E-state index contributed by atoms with van der Waals surface area (Å²) in [5.41, 5.74) is 0. The molecule has 1 aliphatic heterocycles. The number of ether oxygens (including phenoxy) is 1. The van der Waals surface area contributed by atoms with Crippen LogP contribution < -0.4 is 10.1 Å². The van der Waals surface area contributed by atoms with Gasteiger partial charge in [0.15, 0.2) is 11.6 Å². The Bertz CT molecular complexity index is 593. The van der Waals surface area contributed by atoms with Crippen LogP contribution in [0, 0.1) is 5.82 Å². The van der Waals surface area contributed by atoms with Crippen molar-refractivity contribution in [2.45, 2.75) is 17.0 Å². The van der Waals surface area contributed by atoms with Gasteiger partial charge >= 0.3 is 0 Å². The Morgan fingerprint density at radius 1 is 1.45 bits per heavy atom. The Morgan fingerprint density at radius 2 is 2.15 bits per heavy atom. The molecule has 0 saturated carbocycles. The van der Waals surface area contributed by atoms with Crippen molar-refractivity contribution in [1.82, 2.24) is 9.62 Å². The maximum absolute atomic E-state index is 13.6. The number of halogens is 1. The van der Waals surface area contributed by atoms with Gasteiger partial charge in [-0.25, -0.2) is 12.8 Å². The predicted molar refractivity (Wildman–Crippen MR) is 70.6 cm³/mol. The fraction of sp³-hybridized carbons (Fsp3) is 0.500. The first-order valence-corrected chi connectivity index (χ1v) is 7.52. The molecular formula is C12H17FN2O4S. The van der Waals surface area contributed by atoms with Gasteiger partial charge in [-0.1, -0.05) is 0 Å². The smallest absolute Gasteiger partial charge is 0.243 e. The number of likely N-dealkylation sites (N-methyl/N-ethyl adjacent to an activating group) is 1. The molecule has 1 aromatic rings. The van der Waals surface area contributed by atoms with Gasteiger partial charge in [-0.2, -0.15) is 4.31 Å². The molecule has 8 heteroatoms. The number of nitrogens with one attached hydrogen (secondary N) is 1. The number of benzene rings is 1. The molecule has 0 amide bonds. The van der Waals surface area contributed by atoms with Crippen molar-refractivity contribution >= 4 is 10.0 Å². The molecule has 2 N–H and O–H groups in total. The van der Waals surface area contributed by atoms with E-state index in [1.165, 1.54) is 26.3 Å². The lowest BCUT2D eigenvalue weighted by Crippen LogP contribution is -2.44. The van der Waals surface area contributed by atoms with Crippen molar-refractivity contribution in [3.8, 4) is 5.75 Å². The van der Waals surface area contributed by atoms with Crippen molar-refractivity contribution in [2.75, 3.05) is 27.2 Å². The van der Waals surface area contributed by atoms with E-state index in [1.807, 2.05) is 0 Å². The second-order valence-corrected chi connectivity index (χ2v) is 6.61. The average Bonchev–Trinajstić information content (AvgIpc) is 2.83. The van der Waals surface area contributed by atoms with Crippen molar-refractivity contribution in [1.29, 1.82) is 0 Å². The van der Waals surface area contributed by atoms with Gasteiger partial charge in [0.25, 0.3) is 0 Å². The van der Waals surface area contributed by atoms with Crippen molar-refractivity contribution in [3.05, 3.63) is 24.0 Å². The molecular weight excluding hydrogens is 287 g/mol. The summed E-state index contributed by atoms with van der Waals surface area (Å²) in [4.78, 5) is -0.169. The molecule has 6 nitrogen and oxygen atoms in total. The lowest BCUT2D eigenvalue weighted by molar-refractivity contribution is 0.136. The van der Waals surface area contributed by atoms with E-state index in [-0.39, 0.29) is 10.6 Å². The average molecular weight is 304 g/mol. The zero-order valence-electron chi connectivity index (χ0n) is 11.2. The van der Waals surface area contributed by atoms with Gasteiger partial charge in [-0.05, 0) is 18.2 Å². The van der Waals surface area contributed by atoms with Crippen LogP contribution in [-0.4, -0.2) is 57.2 Å². The fourth-order valence-corrected chi connectivity index (χ4v) is 3.57. The van der Waals surface area contributed by atoms with E-state index in [1.54, 1.807) is 0 Å². The molecule has 1 aliphatic rings. The third-order valence-electron chi connectivity index (χ3n) is 3.42. The van der Waals surface area contributed by atoms with Crippen LogP contribution in [0.15, 0.2) is 23.1 Å². The second-order valence-electron chi connectivity index (χ2n) is 4.61. The van der Waals surface area contributed by atoms with Gasteiger partial charge in [0.2, 0.25) is 10.0 Å². The first-order chi connectivity index (χ1) is 9.37. The van der Waals surface area contributed by atoms with Crippen molar-refractivity contribution < 1.29 is 22.7 Å². The minimum Gasteiger partial charge on any atom is -0.494 e. The molecule has 0 aromatic heterocycles. The standard InChI is InChI=1S/C12H17FN2O4S/c1-15(10-6-14-7-11(10)16)20(17,18)8-3-4-12(19-2)9(13)5-8/h3-5,10-11,14,16H,6-7H2,1-2H3/t10-,11-/m0/s1. The Balaban J connectivity index is 2.32. The summed E-state index contributed by atoms with van der Waals surface area (Å²) in [6.07, 6.45) is -0.780. The van der Waals surface area contributed by atoms with Crippen LogP contribution in [0.1, 0.15) is 0 Å². The second kappa shape index (κ2) is 5.65. The first kappa shape index (κ1) is 15.2. The highest BCUT2D eigenvalue weighted by Gasteiger charge is 2.35. The molecule has 0 radical (unpaired) electrons. The van der Waals surface area contributed by atoms with E-state index in [9.17, 15) is 17.9 Å². The van der Waals surface area contributed by atoms with Crippen LogP contribution in [0.2, 0.25) is 0 Å². The van der Waals surface area contributed by atoms with E-state index in [0.29, 0.717) is 13.1 Å². The third-order valence-corrected chi connectivity index (χ3v) is 5.30. The molecule has 0 aliphatic carbocycles. The van der Waals surface area contributed by atoms with Crippen molar-refractivity contribution in [2.24, 2.45) is 0 Å². The molecule has 20 heavy (non-hydrogen) atoms. The Labute approximate surface area is 117 Å². The van der Waals surface area contributed by atoms with Gasteiger partial charge in [0, 0.05) is 20.1 Å². The predicted octanol–water partition coefficient (Wildman–Crippen LogP) is -0.212. The Kier molecular flexibility index (Phi) is 4.28. The summed E-state index contributed by atoms with van der Waals surface area (Å²) < 4.78 is 44.2. The van der Waals surface area contributed by atoms with E-state index < -0.39 is 28.0 Å². The van der Waals surface area contributed by atoms with E-state index in [0.717, 1.165) is 10.4 Å². The monoisotopic (exact) mass is 304 g/mol. The number of methoxy groups -OCH3 is 1. The largest absolute Gasteiger partial charge is 0.494 e. The molecule has 0 bridgehead atoms. The zero-order chi connectivity index (χ0) is 14.9. The van der Waals surface area contributed by atoms with Crippen LogP contribution in [0.4, 0.5) is 4.39 Å². The molecule has 1 fully saturated rings. The normalized spacial score (nSPS) is 23.2. The summed E-state index contributed by atoms with van der Waals surface area (Å²) in [6.45, 7) is 0.692. The minimum absolute atomic E-state index is 0.0193. The number of aliphatic hydroxyl groups is 1. The van der Waals surface area contributed by atoms with Crippen LogP contribution in [0.5, 0.6) is 5.75 Å². The number of hydrogen-bond acceptors (Lipinski definition) is 5. The summed E-state index contributed by atoms with van der Waals surface area (Å²) in [5.74, 6) is -0.763. The maximum atomic E-state index is 13.6. The van der Waals surface area contributed by atoms with Gasteiger partial charge in [0.1, 0.15) is 0 Å². The summed E-state index contributed by atoms with van der Waals surface area (Å²) in [6, 6.07) is 2.89. The molecule has 2 atom stereocenters. The number of aliphatic hydroxyl groups excluding tert-OH is 1. The lowest BCUT2D eigenvalue weighted by Gasteiger charge is -2.25. The van der Waals surface area contributed by atoms with Crippen molar-refractivity contribution in [3.63, 3.8) is 0 Å². The quantitative estimate of drug-likeness (QED) is 0.804. The van der Waals surface area contributed by atoms with Crippen LogP contribution >= 0.6 is 0 Å². The molecule has 0 spiro atoms. The molecule has 2 rings (SSSR count). The molecule has 0 unspecified atom stereocenters. The third kappa shape index (κ3) is 2.64. The number of β-amino-alcohol motifs (C(OH)–C–C–N with tert-alkyl or cyclic N) is 1. The Hall–Kier alpha value is -1.22. The first-order valence-electron chi connectivity index (χ1n) is 6.08. The summed E-state index contributed by atoms with van der Waals surface area (Å²) in [7, 11) is -1.19. The topological polar surface area (TPSA) is 78.9 Å². The van der Waals surface area contributed by atoms with Crippen LogP contribution in [0.25, 0.3) is 0 Å². The van der Waals surface area contributed by atoms with E-state index in [2.05, 4.69) is 5.32 Å². The number of hydrogen-bond donors (Lipinski definition) is 2. The zero-order valence-corrected chi connectivity index (χ0v) is 12.0. The van der Waals surface area contributed by atoms with Gasteiger partial charge in [0.05, 0.1) is 24.2 Å². The Morgan fingerprint density at radius 3 is 2.65 bits per heavy atom. The number of sulfonamides is 1. The number of nitrogens with zero attached hydrogens (tertiary/aromatic N) is 1. The highest BCUT2D eigenvalue weighted by molar-refractivity contribution is 7.89. The van der Waals surface area contributed by atoms with Crippen LogP contribution in [-0.2, 0) is 10.0 Å². The van der Waals surface area contributed by atoms with Gasteiger partial charge in [-0.15, -0.1) is 0 Å². The molecule has 1 saturated heterocycles. The van der Waals surface area contributed by atoms with E-state index in [4.69, 9.17) is 4.74 Å². The lowest BCUT2D eigenvalue weighted by atomic mass is 10.2. The van der Waals surface area contributed by atoms with Gasteiger partial charge < -0.3 is 15.2 Å². The number of rotatable bonds is 4. The fourth-order valence-electron chi connectivity index (χ4n) is 2.17. The molecule has 112 valence electrons. The van der Waals surface area contributed by atoms with Gasteiger partial charge in [-0.3, -0.25) is 0 Å². The molecule has 1 heterocycles. The van der Waals surface area contributed by atoms with E-state index >= 15 is 0 Å². The SMILES string of the molecule is COc1ccc(S(=O)(=O)N(C)[C@H]2CNC[C@@H]2O)cc1F. The highest BCUT2D eigenvalue weighted by Crippen LogP contribution is 2.24. The summed E-state index contributed by atoms with van der Waals surface area (Å²) in [5, 5.41) is 12.6. The minimum atomic E-state index is -3.87. The maximum Gasteiger partial charge on any atom is 0.243 e. The van der Waals surface area contributed by atoms with Crippen LogP contribution in [0.3, 0.4) is 0 Å². The summed E-state index contributed by atoms with van der Waals surface area (Å²) >= 11 is 0. The molecule has 1 aromatic carbocycles. The highest BCUT2D eigenvalue weighted by atomic mass is 32.2.